The smallest absolute Gasteiger partial charge is 0.258 e. The summed E-state index contributed by atoms with van der Waals surface area (Å²) in [5.74, 6) is 1.81. The summed E-state index contributed by atoms with van der Waals surface area (Å²) in [6.45, 7) is 3.04. The molecular weight excluding hydrogens is 437 g/mol. The van der Waals surface area contributed by atoms with Crippen LogP contribution in [0.15, 0.2) is 60.7 Å². The van der Waals surface area contributed by atoms with Crippen LogP contribution in [0.2, 0.25) is 0 Å². The quantitative estimate of drug-likeness (QED) is 0.466. The lowest BCUT2D eigenvalue weighted by atomic mass is 9.91. The molecule has 0 aromatic heterocycles. The molecule has 1 atom stereocenters. The first-order chi connectivity index (χ1) is 16.5. The second-order valence-corrected chi connectivity index (χ2v) is 7.86. The van der Waals surface area contributed by atoms with E-state index in [1.165, 1.54) is 12.1 Å². The van der Waals surface area contributed by atoms with Gasteiger partial charge in [-0.1, -0.05) is 12.1 Å². The van der Waals surface area contributed by atoms with Gasteiger partial charge in [0.2, 0.25) is 0 Å². The Labute approximate surface area is 198 Å². The van der Waals surface area contributed by atoms with Crippen molar-refractivity contribution in [2.45, 2.75) is 19.4 Å². The summed E-state index contributed by atoms with van der Waals surface area (Å²) < 4.78 is 36.1. The second kappa shape index (κ2) is 10.5. The number of benzene rings is 3. The SMILES string of the molecule is CCOc1ccccc1C(=O)N1CCc2cc(OC)c(OC)cc2[C@@H]1COc1ccc(F)cc1. The van der Waals surface area contributed by atoms with Gasteiger partial charge < -0.3 is 23.8 Å². The molecule has 0 fully saturated rings. The summed E-state index contributed by atoms with van der Waals surface area (Å²) in [5, 5.41) is 0. The molecule has 1 heterocycles. The predicted molar refractivity (Wildman–Crippen MR) is 127 cm³/mol. The van der Waals surface area contributed by atoms with Gasteiger partial charge in [-0.2, -0.15) is 0 Å². The number of carbonyl (C=O) groups is 1. The number of hydrogen-bond donors (Lipinski definition) is 0. The van der Waals surface area contributed by atoms with Crippen molar-refractivity contribution in [2.24, 2.45) is 0 Å². The molecule has 0 radical (unpaired) electrons. The lowest BCUT2D eigenvalue weighted by Crippen LogP contribution is -2.42. The van der Waals surface area contributed by atoms with E-state index in [4.69, 9.17) is 18.9 Å². The molecule has 3 aromatic carbocycles. The Kier molecular flexibility index (Phi) is 7.21. The molecule has 178 valence electrons. The lowest BCUT2D eigenvalue weighted by molar-refractivity contribution is 0.0585. The molecular formula is C27H28FNO5. The number of para-hydroxylation sites is 1. The molecule has 1 aliphatic heterocycles. The van der Waals surface area contributed by atoms with Crippen LogP contribution in [-0.4, -0.2) is 44.8 Å². The van der Waals surface area contributed by atoms with Crippen LogP contribution in [0.5, 0.6) is 23.0 Å². The van der Waals surface area contributed by atoms with Crippen molar-refractivity contribution in [3.05, 3.63) is 83.2 Å². The van der Waals surface area contributed by atoms with E-state index >= 15 is 0 Å². The summed E-state index contributed by atoms with van der Waals surface area (Å²) in [6, 6.07) is 16.5. The largest absolute Gasteiger partial charge is 0.493 e. The van der Waals surface area contributed by atoms with E-state index in [2.05, 4.69) is 0 Å². The van der Waals surface area contributed by atoms with E-state index in [0.717, 1.165) is 11.1 Å². The average Bonchev–Trinajstić information content (AvgIpc) is 2.87. The van der Waals surface area contributed by atoms with Crippen molar-refractivity contribution in [3.8, 4) is 23.0 Å². The Hall–Kier alpha value is -3.74. The Morgan fingerprint density at radius 2 is 1.68 bits per heavy atom. The van der Waals surface area contributed by atoms with Crippen molar-refractivity contribution >= 4 is 5.91 Å². The van der Waals surface area contributed by atoms with Crippen molar-refractivity contribution < 1.29 is 28.1 Å². The van der Waals surface area contributed by atoms with Gasteiger partial charge in [-0.15, -0.1) is 0 Å². The van der Waals surface area contributed by atoms with Gasteiger partial charge in [-0.3, -0.25) is 4.79 Å². The number of methoxy groups -OCH3 is 2. The zero-order chi connectivity index (χ0) is 24.1. The highest BCUT2D eigenvalue weighted by molar-refractivity contribution is 5.97. The minimum atomic E-state index is -0.393. The molecule has 0 spiro atoms. The number of ether oxygens (including phenoxy) is 4. The predicted octanol–water partition coefficient (Wildman–Crippen LogP) is 5.06. The van der Waals surface area contributed by atoms with Gasteiger partial charge in [-0.25, -0.2) is 4.39 Å². The summed E-state index contributed by atoms with van der Waals surface area (Å²) in [7, 11) is 3.18. The molecule has 0 unspecified atom stereocenters. The van der Waals surface area contributed by atoms with Crippen LogP contribution in [0, 0.1) is 5.82 Å². The summed E-state index contributed by atoms with van der Waals surface area (Å²) in [4.78, 5) is 15.5. The average molecular weight is 466 g/mol. The van der Waals surface area contributed by atoms with Crippen molar-refractivity contribution in [1.29, 1.82) is 0 Å². The number of fused-ring (bicyclic) bond motifs is 1. The zero-order valence-corrected chi connectivity index (χ0v) is 19.5. The minimum Gasteiger partial charge on any atom is -0.493 e. The van der Waals surface area contributed by atoms with Crippen LogP contribution in [0.3, 0.4) is 0 Å². The fourth-order valence-corrected chi connectivity index (χ4v) is 4.24. The van der Waals surface area contributed by atoms with Crippen molar-refractivity contribution in [1.82, 2.24) is 4.90 Å². The number of halogens is 1. The van der Waals surface area contributed by atoms with Gasteiger partial charge in [0.05, 0.1) is 32.4 Å². The molecule has 0 N–H and O–H groups in total. The first kappa shape index (κ1) is 23.4. The fourth-order valence-electron chi connectivity index (χ4n) is 4.24. The van der Waals surface area contributed by atoms with Gasteiger partial charge >= 0.3 is 0 Å². The molecule has 34 heavy (non-hydrogen) atoms. The van der Waals surface area contributed by atoms with E-state index in [9.17, 15) is 9.18 Å². The number of rotatable bonds is 8. The van der Waals surface area contributed by atoms with E-state index < -0.39 is 6.04 Å². The molecule has 6 nitrogen and oxygen atoms in total. The highest BCUT2D eigenvalue weighted by Crippen LogP contribution is 2.39. The number of hydrogen-bond acceptors (Lipinski definition) is 5. The van der Waals surface area contributed by atoms with Gasteiger partial charge in [-0.05, 0) is 73.0 Å². The maximum atomic E-state index is 13.7. The fraction of sp³-hybridized carbons (Fsp3) is 0.296. The topological polar surface area (TPSA) is 57.2 Å². The monoisotopic (exact) mass is 465 g/mol. The van der Waals surface area contributed by atoms with Gasteiger partial charge in [0.1, 0.15) is 23.9 Å². The highest BCUT2D eigenvalue weighted by atomic mass is 19.1. The molecule has 3 aromatic rings. The zero-order valence-electron chi connectivity index (χ0n) is 19.5. The molecule has 0 saturated heterocycles. The first-order valence-corrected chi connectivity index (χ1v) is 11.2. The van der Waals surface area contributed by atoms with E-state index in [1.807, 2.05) is 31.2 Å². The van der Waals surface area contributed by atoms with Gasteiger partial charge in [0.15, 0.2) is 11.5 Å². The van der Waals surface area contributed by atoms with Crippen molar-refractivity contribution in [2.75, 3.05) is 34.0 Å². The van der Waals surface area contributed by atoms with Crippen LogP contribution in [-0.2, 0) is 6.42 Å². The van der Waals surface area contributed by atoms with Crippen LogP contribution in [0.25, 0.3) is 0 Å². The molecule has 1 aliphatic rings. The van der Waals surface area contributed by atoms with Gasteiger partial charge in [0, 0.05) is 6.54 Å². The summed E-state index contributed by atoms with van der Waals surface area (Å²) in [6.07, 6.45) is 0.658. The normalized spacial score (nSPS) is 14.8. The molecule has 0 saturated carbocycles. The first-order valence-electron chi connectivity index (χ1n) is 11.2. The van der Waals surface area contributed by atoms with E-state index in [-0.39, 0.29) is 18.3 Å². The highest BCUT2D eigenvalue weighted by Gasteiger charge is 2.34. The minimum absolute atomic E-state index is 0.141. The van der Waals surface area contributed by atoms with E-state index in [1.54, 1.807) is 43.4 Å². The third kappa shape index (κ3) is 4.78. The lowest BCUT2D eigenvalue weighted by Gasteiger charge is -2.38. The molecule has 1 amide bonds. The third-order valence-corrected chi connectivity index (χ3v) is 5.90. The molecule has 0 aliphatic carbocycles. The van der Waals surface area contributed by atoms with Crippen molar-refractivity contribution in [3.63, 3.8) is 0 Å². The number of carbonyl (C=O) groups excluding carboxylic acids is 1. The van der Waals surface area contributed by atoms with Gasteiger partial charge in [0.25, 0.3) is 5.91 Å². The Bertz CT molecular complexity index is 1150. The summed E-state index contributed by atoms with van der Waals surface area (Å²) in [5.41, 5.74) is 2.49. The van der Waals surface area contributed by atoms with Crippen LogP contribution >= 0.6 is 0 Å². The maximum Gasteiger partial charge on any atom is 0.258 e. The molecule has 0 bridgehead atoms. The molecule has 4 rings (SSSR count). The van der Waals surface area contributed by atoms with E-state index in [0.29, 0.717) is 48.1 Å². The summed E-state index contributed by atoms with van der Waals surface area (Å²) >= 11 is 0. The Morgan fingerprint density at radius 3 is 2.38 bits per heavy atom. The Balaban J connectivity index is 1.72. The number of amides is 1. The molecule has 7 heteroatoms. The Morgan fingerprint density at radius 1 is 0.971 bits per heavy atom. The van der Waals surface area contributed by atoms with Crippen LogP contribution < -0.4 is 18.9 Å². The van der Waals surface area contributed by atoms with Crippen LogP contribution in [0.4, 0.5) is 4.39 Å². The number of nitrogens with zero attached hydrogens (tertiary/aromatic N) is 1. The second-order valence-electron chi connectivity index (χ2n) is 7.86. The third-order valence-electron chi connectivity index (χ3n) is 5.90. The van der Waals surface area contributed by atoms with Crippen LogP contribution in [0.1, 0.15) is 34.5 Å². The maximum absolute atomic E-state index is 13.7. The standard InChI is InChI=1S/C27H28FNO5/c1-4-33-24-8-6-5-7-21(24)27(30)29-14-13-18-15-25(31-2)26(32-3)16-22(18)23(29)17-34-20-11-9-19(28)10-12-20/h5-12,15-16,23H,4,13-14,17H2,1-3H3/t23-/m0/s1.